The lowest BCUT2D eigenvalue weighted by atomic mass is 10.1. The summed E-state index contributed by atoms with van der Waals surface area (Å²) >= 11 is 0. The maximum atomic E-state index is 13.5. The Morgan fingerprint density at radius 2 is 1.87 bits per heavy atom. The molecule has 0 saturated heterocycles. The van der Waals surface area contributed by atoms with Crippen LogP contribution in [0.5, 0.6) is 0 Å². The fraction of sp³-hybridized carbons (Fsp3) is 0.235. The van der Waals surface area contributed by atoms with Crippen molar-refractivity contribution in [3.63, 3.8) is 0 Å². The number of amides is 2. The van der Waals surface area contributed by atoms with Crippen molar-refractivity contribution in [2.75, 3.05) is 6.54 Å². The van der Waals surface area contributed by atoms with E-state index in [-0.39, 0.29) is 24.5 Å². The standard InChI is InChI=1S/C17H18F2N2O2/c1-11-6-7-12(8-15(11)19)9-20-17(23)21-10-16(22)13-4-2-3-5-14(13)18/h2-8,16,22H,9-10H2,1H3,(H2,20,21,23)/t16-/m0/s1. The largest absolute Gasteiger partial charge is 0.386 e. The molecule has 0 radical (unpaired) electrons. The Labute approximate surface area is 133 Å². The average molecular weight is 320 g/mol. The van der Waals surface area contributed by atoms with Crippen molar-refractivity contribution < 1.29 is 18.7 Å². The van der Waals surface area contributed by atoms with Crippen molar-refractivity contribution in [3.05, 3.63) is 70.8 Å². The van der Waals surface area contributed by atoms with Crippen molar-refractivity contribution in [2.24, 2.45) is 0 Å². The van der Waals surface area contributed by atoms with Crippen LogP contribution in [-0.2, 0) is 6.54 Å². The van der Waals surface area contributed by atoms with Gasteiger partial charge in [0.2, 0.25) is 0 Å². The van der Waals surface area contributed by atoms with Crippen molar-refractivity contribution in [1.82, 2.24) is 10.6 Å². The van der Waals surface area contributed by atoms with Gasteiger partial charge in [-0.25, -0.2) is 13.6 Å². The smallest absolute Gasteiger partial charge is 0.315 e. The van der Waals surface area contributed by atoms with Gasteiger partial charge in [0.05, 0.1) is 6.10 Å². The predicted molar refractivity (Wildman–Crippen MR) is 82.7 cm³/mol. The zero-order chi connectivity index (χ0) is 16.8. The lowest BCUT2D eigenvalue weighted by molar-refractivity contribution is 0.169. The third-order valence-electron chi connectivity index (χ3n) is 3.41. The molecule has 3 N–H and O–H groups in total. The van der Waals surface area contributed by atoms with Crippen LogP contribution in [0.4, 0.5) is 13.6 Å². The number of carbonyl (C=O) groups excluding carboxylic acids is 1. The van der Waals surface area contributed by atoms with Gasteiger partial charge >= 0.3 is 6.03 Å². The monoisotopic (exact) mass is 320 g/mol. The lowest BCUT2D eigenvalue weighted by Gasteiger charge is -2.13. The summed E-state index contributed by atoms with van der Waals surface area (Å²) in [6, 6.07) is 9.99. The number of nitrogens with one attached hydrogen (secondary N) is 2. The number of aryl methyl sites for hydroxylation is 1. The van der Waals surface area contributed by atoms with E-state index in [1.165, 1.54) is 24.3 Å². The Kier molecular flexibility index (Phi) is 5.65. The van der Waals surface area contributed by atoms with Crippen LogP contribution in [0.2, 0.25) is 0 Å². The molecule has 0 aromatic heterocycles. The third kappa shape index (κ3) is 4.75. The molecule has 0 aliphatic heterocycles. The molecule has 0 fully saturated rings. The van der Waals surface area contributed by atoms with E-state index in [0.717, 1.165) is 0 Å². The van der Waals surface area contributed by atoms with Crippen molar-refractivity contribution in [1.29, 1.82) is 0 Å². The number of hydrogen-bond donors (Lipinski definition) is 3. The molecular weight excluding hydrogens is 302 g/mol. The highest BCUT2D eigenvalue weighted by Crippen LogP contribution is 2.15. The number of hydrogen-bond acceptors (Lipinski definition) is 2. The van der Waals surface area contributed by atoms with E-state index >= 15 is 0 Å². The number of halogens is 2. The molecule has 2 aromatic rings. The first-order valence-electron chi connectivity index (χ1n) is 7.16. The van der Waals surface area contributed by atoms with Crippen LogP contribution >= 0.6 is 0 Å². The Hall–Kier alpha value is -2.47. The van der Waals surface area contributed by atoms with E-state index in [2.05, 4.69) is 10.6 Å². The van der Waals surface area contributed by atoms with Crippen LogP contribution < -0.4 is 10.6 Å². The Morgan fingerprint density at radius 3 is 2.57 bits per heavy atom. The van der Waals surface area contributed by atoms with Gasteiger partial charge < -0.3 is 15.7 Å². The van der Waals surface area contributed by atoms with Gasteiger partial charge in [-0.2, -0.15) is 0 Å². The molecule has 122 valence electrons. The van der Waals surface area contributed by atoms with Crippen molar-refractivity contribution >= 4 is 6.03 Å². The molecule has 0 heterocycles. The molecule has 23 heavy (non-hydrogen) atoms. The second-order valence-corrected chi connectivity index (χ2v) is 5.18. The summed E-state index contributed by atoms with van der Waals surface area (Å²) in [5.41, 5.74) is 1.28. The van der Waals surface area contributed by atoms with Crippen LogP contribution in [0.3, 0.4) is 0 Å². The lowest BCUT2D eigenvalue weighted by Crippen LogP contribution is -2.37. The number of aliphatic hydroxyl groups is 1. The second-order valence-electron chi connectivity index (χ2n) is 5.18. The first-order valence-corrected chi connectivity index (χ1v) is 7.16. The predicted octanol–water partition coefficient (Wildman–Crippen LogP) is 2.81. The summed E-state index contributed by atoms with van der Waals surface area (Å²) in [6.45, 7) is 1.68. The molecule has 2 aromatic carbocycles. The van der Waals surface area contributed by atoms with Gasteiger partial charge in [0.15, 0.2) is 0 Å². The number of aliphatic hydroxyl groups excluding tert-OH is 1. The van der Waals surface area contributed by atoms with Crippen LogP contribution in [0, 0.1) is 18.6 Å². The van der Waals surface area contributed by atoms with Gasteiger partial charge in [-0.1, -0.05) is 30.3 Å². The first kappa shape index (κ1) is 16.9. The minimum absolute atomic E-state index is 0.119. The summed E-state index contributed by atoms with van der Waals surface area (Å²) in [6.07, 6.45) is -1.14. The highest BCUT2D eigenvalue weighted by molar-refractivity contribution is 5.73. The number of benzene rings is 2. The minimum Gasteiger partial charge on any atom is -0.386 e. The van der Waals surface area contributed by atoms with Gasteiger partial charge in [-0.15, -0.1) is 0 Å². The molecule has 0 aliphatic carbocycles. The van der Waals surface area contributed by atoms with Gasteiger partial charge in [-0.05, 0) is 30.2 Å². The van der Waals surface area contributed by atoms with E-state index in [1.807, 2.05) is 0 Å². The molecule has 2 amide bonds. The van der Waals surface area contributed by atoms with Gasteiger partial charge in [-0.3, -0.25) is 0 Å². The average Bonchev–Trinajstić information content (AvgIpc) is 2.54. The van der Waals surface area contributed by atoms with E-state index in [1.54, 1.807) is 25.1 Å². The van der Waals surface area contributed by atoms with Crippen molar-refractivity contribution in [3.8, 4) is 0 Å². The molecule has 4 nitrogen and oxygen atoms in total. The minimum atomic E-state index is -1.14. The number of carbonyl (C=O) groups is 1. The molecule has 0 spiro atoms. The quantitative estimate of drug-likeness (QED) is 0.793. The normalized spacial score (nSPS) is 11.8. The van der Waals surface area contributed by atoms with Crippen LogP contribution in [0.25, 0.3) is 0 Å². The Bertz CT molecular complexity index is 692. The Morgan fingerprint density at radius 1 is 1.13 bits per heavy atom. The van der Waals surface area contributed by atoms with E-state index in [0.29, 0.717) is 11.1 Å². The maximum absolute atomic E-state index is 13.5. The number of urea groups is 1. The maximum Gasteiger partial charge on any atom is 0.315 e. The summed E-state index contributed by atoms with van der Waals surface area (Å²) < 4.78 is 26.9. The highest BCUT2D eigenvalue weighted by atomic mass is 19.1. The van der Waals surface area contributed by atoms with E-state index in [4.69, 9.17) is 0 Å². The number of rotatable bonds is 5. The molecule has 0 saturated carbocycles. The van der Waals surface area contributed by atoms with E-state index in [9.17, 15) is 18.7 Å². The van der Waals surface area contributed by atoms with Gasteiger partial charge in [0.1, 0.15) is 11.6 Å². The molecule has 0 aliphatic rings. The summed E-state index contributed by atoms with van der Waals surface area (Å²) in [5, 5.41) is 14.9. The summed E-state index contributed by atoms with van der Waals surface area (Å²) in [4.78, 5) is 11.7. The molecule has 1 atom stereocenters. The molecule has 0 bridgehead atoms. The van der Waals surface area contributed by atoms with Gasteiger partial charge in [0, 0.05) is 18.7 Å². The van der Waals surface area contributed by atoms with Crippen LogP contribution in [0.1, 0.15) is 22.8 Å². The zero-order valence-corrected chi connectivity index (χ0v) is 12.6. The summed E-state index contributed by atoms with van der Waals surface area (Å²) in [5.74, 6) is -0.864. The van der Waals surface area contributed by atoms with Crippen LogP contribution in [0.15, 0.2) is 42.5 Å². The molecular formula is C17H18F2N2O2. The first-order chi connectivity index (χ1) is 11.0. The SMILES string of the molecule is Cc1ccc(CNC(=O)NC[C@H](O)c2ccccc2F)cc1F. The highest BCUT2D eigenvalue weighted by Gasteiger charge is 2.13. The zero-order valence-electron chi connectivity index (χ0n) is 12.6. The fourth-order valence-electron chi connectivity index (χ4n) is 2.04. The third-order valence-corrected chi connectivity index (χ3v) is 3.41. The van der Waals surface area contributed by atoms with Crippen LogP contribution in [-0.4, -0.2) is 17.7 Å². The summed E-state index contributed by atoms with van der Waals surface area (Å²) in [7, 11) is 0. The van der Waals surface area contributed by atoms with E-state index < -0.39 is 18.0 Å². The van der Waals surface area contributed by atoms with Gasteiger partial charge in [0.25, 0.3) is 0 Å². The van der Waals surface area contributed by atoms with Crippen molar-refractivity contribution in [2.45, 2.75) is 19.6 Å². The molecule has 0 unspecified atom stereocenters. The topological polar surface area (TPSA) is 61.4 Å². The molecule has 6 heteroatoms. The second kappa shape index (κ2) is 7.69. The fourth-order valence-corrected chi connectivity index (χ4v) is 2.04. The molecule has 2 rings (SSSR count). The Balaban J connectivity index is 1.81.